The van der Waals surface area contributed by atoms with Crippen LogP contribution in [0, 0.1) is 0 Å². The summed E-state index contributed by atoms with van der Waals surface area (Å²) >= 11 is 0. The highest BCUT2D eigenvalue weighted by molar-refractivity contribution is 6.06. The van der Waals surface area contributed by atoms with Crippen LogP contribution in [0.5, 0.6) is 0 Å². The number of amides is 3. The Morgan fingerprint density at radius 1 is 1.21 bits per heavy atom. The van der Waals surface area contributed by atoms with Gasteiger partial charge in [-0.2, -0.15) is 0 Å². The summed E-state index contributed by atoms with van der Waals surface area (Å²) in [7, 11) is 1.77. The number of aliphatic imine (C=N–C) groups is 1. The third-order valence-corrected chi connectivity index (χ3v) is 5.88. The van der Waals surface area contributed by atoms with Gasteiger partial charge in [0.1, 0.15) is 5.54 Å². The van der Waals surface area contributed by atoms with Crippen LogP contribution in [0.2, 0.25) is 0 Å². The number of hydrogen-bond donors (Lipinski definition) is 3. The second kappa shape index (κ2) is 10.6. The van der Waals surface area contributed by atoms with E-state index in [2.05, 4.69) is 32.8 Å². The average molecular weight is 395 g/mol. The predicted octanol–water partition coefficient (Wildman–Crippen LogP) is 1.53. The Morgan fingerprint density at radius 3 is 2.50 bits per heavy atom. The number of nitrogens with zero attached hydrogens (tertiary/aromatic N) is 3. The van der Waals surface area contributed by atoms with Crippen LogP contribution in [0.1, 0.15) is 59.3 Å². The number of carbonyl (C=O) groups is 2. The summed E-state index contributed by atoms with van der Waals surface area (Å²) in [6.45, 7) is 10.5. The highest BCUT2D eigenvalue weighted by Gasteiger charge is 2.45. The van der Waals surface area contributed by atoms with E-state index in [-0.39, 0.29) is 11.9 Å². The minimum atomic E-state index is -0.756. The predicted molar refractivity (Wildman–Crippen MR) is 112 cm³/mol. The van der Waals surface area contributed by atoms with E-state index in [1.165, 1.54) is 24.3 Å². The van der Waals surface area contributed by atoms with E-state index in [4.69, 9.17) is 0 Å². The first-order valence-electron chi connectivity index (χ1n) is 10.8. The minimum Gasteiger partial charge on any atom is -0.356 e. The van der Waals surface area contributed by atoms with E-state index in [9.17, 15) is 9.59 Å². The normalized spacial score (nSPS) is 24.6. The number of nitrogens with one attached hydrogen (secondary N) is 3. The zero-order chi connectivity index (χ0) is 20.6. The van der Waals surface area contributed by atoms with Crippen LogP contribution in [-0.4, -0.2) is 79.0 Å². The van der Waals surface area contributed by atoms with Crippen molar-refractivity contribution in [3.8, 4) is 0 Å². The zero-order valence-electron chi connectivity index (χ0n) is 18.0. The molecular formula is C20H38N6O2. The maximum atomic E-state index is 12.4. The topological polar surface area (TPSA) is 89.1 Å². The summed E-state index contributed by atoms with van der Waals surface area (Å²) < 4.78 is 0. The number of likely N-dealkylation sites (tertiary alicyclic amines) is 1. The highest BCUT2D eigenvalue weighted by atomic mass is 16.2. The van der Waals surface area contributed by atoms with Gasteiger partial charge in [0, 0.05) is 39.3 Å². The minimum absolute atomic E-state index is 0.127. The van der Waals surface area contributed by atoms with Crippen LogP contribution in [0.3, 0.4) is 0 Å². The van der Waals surface area contributed by atoms with Crippen LogP contribution in [0.25, 0.3) is 0 Å². The van der Waals surface area contributed by atoms with Gasteiger partial charge in [-0.3, -0.25) is 14.7 Å². The first-order chi connectivity index (χ1) is 13.4. The van der Waals surface area contributed by atoms with E-state index in [1.807, 2.05) is 6.92 Å². The number of unbranched alkanes of at least 4 members (excludes halogenated alkanes) is 1. The first-order valence-corrected chi connectivity index (χ1v) is 10.8. The van der Waals surface area contributed by atoms with Crippen molar-refractivity contribution in [3.63, 3.8) is 0 Å². The fraction of sp³-hybridized carbons (Fsp3) is 0.850. The molecule has 0 aromatic carbocycles. The molecule has 8 nitrogen and oxygen atoms in total. The van der Waals surface area contributed by atoms with E-state index >= 15 is 0 Å². The van der Waals surface area contributed by atoms with Gasteiger partial charge >= 0.3 is 6.03 Å². The summed E-state index contributed by atoms with van der Waals surface area (Å²) in [4.78, 5) is 32.6. The number of rotatable bonds is 9. The molecule has 0 spiro atoms. The molecule has 8 heteroatoms. The molecule has 2 rings (SSSR count). The number of piperidine rings is 1. The smallest absolute Gasteiger partial charge is 0.325 e. The lowest BCUT2D eigenvalue weighted by Gasteiger charge is -2.33. The van der Waals surface area contributed by atoms with Crippen LogP contribution >= 0.6 is 0 Å². The van der Waals surface area contributed by atoms with E-state index < -0.39 is 5.54 Å². The van der Waals surface area contributed by atoms with Crippen molar-refractivity contribution in [2.45, 2.75) is 70.9 Å². The molecule has 1 atom stereocenters. The van der Waals surface area contributed by atoms with Crippen LogP contribution in [0.4, 0.5) is 4.79 Å². The van der Waals surface area contributed by atoms with E-state index in [1.54, 1.807) is 14.0 Å². The number of hydrogen-bond acceptors (Lipinski definition) is 4. The highest BCUT2D eigenvalue weighted by Crippen LogP contribution is 2.20. The van der Waals surface area contributed by atoms with Crippen LogP contribution in [-0.2, 0) is 4.79 Å². The van der Waals surface area contributed by atoms with Crippen molar-refractivity contribution < 1.29 is 9.59 Å². The first kappa shape index (κ1) is 22.5. The molecule has 0 bridgehead atoms. The molecule has 2 aliphatic heterocycles. The Hall–Kier alpha value is -1.83. The Bertz CT molecular complexity index is 559. The van der Waals surface area contributed by atoms with Crippen molar-refractivity contribution in [2.24, 2.45) is 4.99 Å². The molecule has 0 aliphatic carbocycles. The van der Waals surface area contributed by atoms with Crippen molar-refractivity contribution in [1.29, 1.82) is 0 Å². The maximum Gasteiger partial charge on any atom is 0.325 e. The van der Waals surface area contributed by atoms with Crippen molar-refractivity contribution in [1.82, 2.24) is 25.8 Å². The number of imide groups is 1. The average Bonchev–Trinajstić information content (AvgIpc) is 2.92. The molecule has 160 valence electrons. The molecule has 0 aromatic heterocycles. The Balaban J connectivity index is 1.67. The van der Waals surface area contributed by atoms with Gasteiger partial charge in [0.25, 0.3) is 5.91 Å². The molecular weight excluding hydrogens is 356 g/mol. The van der Waals surface area contributed by atoms with Crippen molar-refractivity contribution in [3.05, 3.63) is 0 Å². The quantitative estimate of drug-likeness (QED) is 0.239. The Kier molecular flexibility index (Phi) is 8.54. The van der Waals surface area contributed by atoms with Gasteiger partial charge in [-0.05, 0) is 45.6 Å². The van der Waals surface area contributed by atoms with Gasteiger partial charge in [0.15, 0.2) is 5.96 Å². The Labute approximate surface area is 169 Å². The Morgan fingerprint density at radius 2 is 1.93 bits per heavy atom. The van der Waals surface area contributed by atoms with Crippen molar-refractivity contribution in [2.75, 3.05) is 39.8 Å². The lowest BCUT2D eigenvalue weighted by Crippen LogP contribution is -2.49. The molecule has 2 heterocycles. The summed E-state index contributed by atoms with van der Waals surface area (Å²) in [5.41, 5.74) is -0.756. The molecule has 2 fully saturated rings. The SMILES string of the molecule is CCCCN1CCC(NC(=NC)NCCCN2C(=O)NC(C)(CC)C2=O)CC1. The fourth-order valence-corrected chi connectivity index (χ4v) is 3.70. The monoisotopic (exact) mass is 394 g/mol. The summed E-state index contributed by atoms with van der Waals surface area (Å²) in [6.07, 6.45) is 6.06. The summed E-state index contributed by atoms with van der Waals surface area (Å²) in [6, 6.07) is 0.159. The van der Waals surface area contributed by atoms with Gasteiger partial charge < -0.3 is 20.9 Å². The molecule has 28 heavy (non-hydrogen) atoms. The second-order valence-electron chi connectivity index (χ2n) is 8.04. The third kappa shape index (κ3) is 5.83. The second-order valence-corrected chi connectivity index (χ2v) is 8.04. The van der Waals surface area contributed by atoms with Gasteiger partial charge in [0.2, 0.25) is 0 Å². The van der Waals surface area contributed by atoms with Gasteiger partial charge in [0.05, 0.1) is 0 Å². The largest absolute Gasteiger partial charge is 0.356 e. The van der Waals surface area contributed by atoms with Crippen LogP contribution < -0.4 is 16.0 Å². The summed E-state index contributed by atoms with van der Waals surface area (Å²) in [5.74, 6) is 0.667. The van der Waals surface area contributed by atoms with Gasteiger partial charge in [-0.1, -0.05) is 20.3 Å². The molecule has 3 amide bonds. The standard InChI is InChI=1S/C20H38N6O2/c1-5-7-12-25-14-9-16(10-15-25)23-18(21-4)22-11-8-13-26-17(27)20(3,6-2)24-19(26)28/h16H,5-15H2,1-4H3,(H,24,28)(H2,21,22,23). The zero-order valence-corrected chi connectivity index (χ0v) is 18.0. The number of guanidine groups is 1. The van der Waals surface area contributed by atoms with Gasteiger partial charge in [-0.25, -0.2) is 4.79 Å². The van der Waals surface area contributed by atoms with Crippen molar-refractivity contribution >= 4 is 17.9 Å². The molecule has 2 saturated heterocycles. The molecule has 0 saturated carbocycles. The lowest BCUT2D eigenvalue weighted by molar-refractivity contribution is -0.130. The molecule has 0 aromatic rings. The molecule has 0 radical (unpaired) electrons. The van der Waals surface area contributed by atoms with E-state index in [0.717, 1.165) is 31.9 Å². The van der Waals surface area contributed by atoms with Crippen LogP contribution in [0.15, 0.2) is 4.99 Å². The number of urea groups is 1. The maximum absolute atomic E-state index is 12.4. The van der Waals surface area contributed by atoms with Gasteiger partial charge in [-0.15, -0.1) is 0 Å². The molecule has 3 N–H and O–H groups in total. The fourth-order valence-electron chi connectivity index (χ4n) is 3.70. The van der Waals surface area contributed by atoms with E-state index in [0.29, 0.717) is 32.0 Å². The molecule has 2 aliphatic rings. The third-order valence-electron chi connectivity index (χ3n) is 5.88. The summed E-state index contributed by atoms with van der Waals surface area (Å²) in [5, 5.41) is 9.60. The number of carbonyl (C=O) groups excluding carboxylic acids is 2. The molecule has 1 unspecified atom stereocenters. The lowest BCUT2D eigenvalue weighted by atomic mass is 9.99.